The fourth-order valence-electron chi connectivity index (χ4n) is 4.05. The molecule has 3 rings (SSSR count). The molecule has 0 radical (unpaired) electrons. The molecule has 128 valence electrons. The summed E-state index contributed by atoms with van der Waals surface area (Å²) in [6.07, 6.45) is 6.88. The average Bonchev–Trinajstić information content (AvgIpc) is 3.17. The van der Waals surface area contributed by atoms with Gasteiger partial charge in [-0.3, -0.25) is 9.48 Å². The maximum atomic E-state index is 12.7. The van der Waals surface area contributed by atoms with E-state index in [4.69, 9.17) is 5.10 Å². The third-order valence-corrected chi connectivity index (χ3v) is 5.33. The lowest BCUT2D eigenvalue weighted by Gasteiger charge is -2.33. The summed E-state index contributed by atoms with van der Waals surface area (Å²) in [5.41, 5.74) is 2.40. The Hall–Kier alpha value is -1.36. The van der Waals surface area contributed by atoms with Gasteiger partial charge in [-0.25, -0.2) is 0 Å². The minimum absolute atomic E-state index is 0.293. The first-order valence-corrected chi connectivity index (χ1v) is 9.01. The van der Waals surface area contributed by atoms with E-state index in [1.807, 2.05) is 11.7 Å². The summed E-state index contributed by atoms with van der Waals surface area (Å²) in [6, 6.07) is 2.23. The standard InChI is InChI=1S/C18H30N4O/c1-20(2)13-16-11-17(19-21(16)3)15-9-6-10-22(12-15)18(23)14-7-4-5-8-14/h11,14-15H,4-10,12-13H2,1-3H3. The maximum Gasteiger partial charge on any atom is 0.225 e. The Balaban J connectivity index is 1.67. The zero-order valence-electron chi connectivity index (χ0n) is 14.8. The van der Waals surface area contributed by atoms with Gasteiger partial charge < -0.3 is 9.80 Å². The lowest BCUT2D eigenvalue weighted by atomic mass is 9.93. The van der Waals surface area contributed by atoms with Crippen molar-refractivity contribution in [3.63, 3.8) is 0 Å². The van der Waals surface area contributed by atoms with Gasteiger partial charge in [-0.15, -0.1) is 0 Å². The summed E-state index contributed by atoms with van der Waals surface area (Å²) < 4.78 is 1.99. The number of nitrogens with zero attached hydrogens (tertiary/aromatic N) is 4. The molecule has 1 aromatic heterocycles. The van der Waals surface area contributed by atoms with Gasteiger partial charge in [-0.05, 0) is 45.8 Å². The van der Waals surface area contributed by atoms with E-state index in [0.29, 0.717) is 17.7 Å². The van der Waals surface area contributed by atoms with Gasteiger partial charge in [-0.2, -0.15) is 5.10 Å². The van der Waals surface area contributed by atoms with Crippen molar-refractivity contribution in [1.29, 1.82) is 0 Å². The number of amides is 1. The Kier molecular flexibility index (Phi) is 5.05. The first-order chi connectivity index (χ1) is 11.0. The summed E-state index contributed by atoms with van der Waals surface area (Å²) >= 11 is 0. The molecule has 1 aliphatic carbocycles. The molecule has 1 unspecified atom stereocenters. The molecule has 2 fully saturated rings. The Labute approximate surface area is 139 Å². The van der Waals surface area contributed by atoms with Crippen LogP contribution in [0.3, 0.4) is 0 Å². The molecule has 1 saturated heterocycles. The Bertz CT molecular complexity index is 545. The smallest absolute Gasteiger partial charge is 0.225 e. The average molecular weight is 318 g/mol. The van der Waals surface area contributed by atoms with E-state index in [2.05, 4.69) is 30.0 Å². The summed E-state index contributed by atoms with van der Waals surface area (Å²) in [4.78, 5) is 17.0. The van der Waals surface area contributed by atoms with Gasteiger partial charge >= 0.3 is 0 Å². The maximum absolute atomic E-state index is 12.7. The summed E-state index contributed by atoms with van der Waals surface area (Å²) in [7, 11) is 6.18. The minimum atomic E-state index is 0.293. The Morgan fingerprint density at radius 3 is 2.70 bits per heavy atom. The Morgan fingerprint density at radius 1 is 1.26 bits per heavy atom. The van der Waals surface area contributed by atoms with Crippen molar-refractivity contribution >= 4 is 5.91 Å². The fourth-order valence-corrected chi connectivity index (χ4v) is 4.05. The molecular weight excluding hydrogens is 288 g/mol. The van der Waals surface area contributed by atoms with Gasteiger partial charge in [0.1, 0.15) is 0 Å². The van der Waals surface area contributed by atoms with Crippen LogP contribution in [0.15, 0.2) is 6.07 Å². The minimum Gasteiger partial charge on any atom is -0.342 e. The van der Waals surface area contributed by atoms with Crippen LogP contribution >= 0.6 is 0 Å². The molecule has 1 saturated carbocycles. The second kappa shape index (κ2) is 7.04. The van der Waals surface area contributed by atoms with Crippen molar-refractivity contribution < 1.29 is 4.79 Å². The van der Waals surface area contributed by atoms with E-state index >= 15 is 0 Å². The van der Waals surface area contributed by atoms with Gasteiger partial charge in [0.15, 0.2) is 0 Å². The molecular formula is C18H30N4O. The zero-order valence-corrected chi connectivity index (χ0v) is 14.8. The van der Waals surface area contributed by atoms with Crippen molar-refractivity contribution in [1.82, 2.24) is 19.6 Å². The van der Waals surface area contributed by atoms with Crippen LogP contribution in [-0.2, 0) is 18.4 Å². The normalized spacial score (nSPS) is 23.0. The summed E-state index contributed by atoms with van der Waals surface area (Å²) in [5.74, 6) is 1.09. The second-order valence-corrected chi connectivity index (χ2v) is 7.53. The lowest BCUT2D eigenvalue weighted by Crippen LogP contribution is -2.41. The first kappa shape index (κ1) is 16.5. The van der Waals surface area contributed by atoms with Crippen molar-refractivity contribution in [2.24, 2.45) is 13.0 Å². The molecule has 0 spiro atoms. The summed E-state index contributed by atoms with van der Waals surface area (Å²) in [5, 5.41) is 4.73. The first-order valence-electron chi connectivity index (χ1n) is 9.01. The van der Waals surface area contributed by atoms with E-state index in [1.165, 1.54) is 18.5 Å². The molecule has 1 aliphatic heterocycles. The van der Waals surface area contributed by atoms with Gasteiger partial charge in [0.2, 0.25) is 5.91 Å². The number of aryl methyl sites for hydroxylation is 1. The number of aromatic nitrogens is 2. The van der Waals surface area contributed by atoms with Gasteiger partial charge in [0.25, 0.3) is 0 Å². The second-order valence-electron chi connectivity index (χ2n) is 7.53. The van der Waals surface area contributed by atoms with E-state index in [0.717, 1.165) is 51.0 Å². The number of likely N-dealkylation sites (tertiary alicyclic amines) is 1. The molecule has 2 heterocycles. The highest BCUT2D eigenvalue weighted by atomic mass is 16.2. The number of rotatable bonds is 4. The van der Waals surface area contributed by atoms with E-state index in [1.54, 1.807) is 0 Å². The van der Waals surface area contributed by atoms with Crippen LogP contribution in [0.1, 0.15) is 55.8 Å². The summed E-state index contributed by atoms with van der Waals surface area (Å²) in [6.45, 7) is 2.69. The third-order valence-electron chi connectivity index (χ3n) is 5.33. The van der Waals surface area contributed by atoms with Gasteiger partial charge in [0.05, 0.1) is 11.4 Å². The molecule has 0 bridgehead atoms. The fraction of sp³-hybridized carbons (Fsp3) is 0.778. The van der Waals surface area contributed by atoms with Crippen LogP contribution in [-0.4, -0.2) is 52.7 Å². The van der Waals surface area contributed by atoms with Crippen LogP contribution in [0, 0.1) is 5.92 Å². The van der Waals surface area contributed by atoms with Crippen LogP contribution in [0.25, 0.3) is 0 Å². The van der Waals surface area contributed by atoms with E-state index in [9.17, 15) is 4.79 Å². The molecule has 0 aromatic carbocycles. The SMILES string of the molecule is CN(C)Cc1cc(C2CCCN(C(=O)C3CCCC3)C2)nn1C. The number of carbonyl (C=O) groups excluding carboxylic acids is 1. The van der Waals surface area contributed by atoms with Crippen LogP contribution in [0.5, 0.6) is 0 Å². The third kappa shape index (κ3) is 3.77. The van der Waals surface area contributed by atoms with Crippen molar-refractivity contribution in [3.05, 3.63) is 17.5 Å². The number of piperidine rings is 1. The predicted octanol–water partition coefficient (Wildman–Crippen LogP) is 2.38. The number of hydrogen-bond acceptors (Lipinski definition) is 3. The highest BCUT2D eigenvalue weighted by Gasteiger charge is 2.31. The predicted molar refractivity (Wildman–Crippen MR) is 91.1 cm³/mol. The molecule has 2 aliphatic rings. The molecule has 0 N–H and O–H groups in total. The van der Waals surface area contributed by atoms with E-state index < -0.39 is 0 Å². The molecule has 1 aromatic rings. The van der Waals surface area contributed by atoms with Crippen LogP contribution in [0.2, 0.25) is 0 Å². The van der Waals surface area contributed by atoms with Gasteiger partial charge in [0, 0.05) is 38.5 Å². The molecule has 23 heavy (non-hydrogen) atoms. The van der Waals surface area contributed by atoms with E-state index in [-0.39, 0.29) is 0 Å². The lowest BCUT2D eigenvalue weighted by molar-refractivity contribution is -0.136. The quantitative estimate of drug-likeness (QED) is 0.856. The molecule has 5 heteroatoms. The number of carbonyl (C=O) groups is 1. The molecule has 1 atom stereocenters. The highest BCUT2D eigenvalue weighted by molar-refractivity contribution is 5.79. The Morgan fingerprint density at radius 2 is 2.00 bits per heavy atom. The van der Waals surface area contributed by atoms with Crippen molar-refractivity contribution in [3.8, 4) is 0 Å². The van der Waals surface area contributed by atoms with Crippen LogP contribution in [0.4, 0.5) is 0 Å². The zero-order chi connectivity index (χ0) is 16.4. The van der Waals surface area contributed by atoms with Crippen molar-refractivity contribution in [2.75, 3.05) is 27.2 Å². The van der Waals surface area contributed by atoms with Gasteiger partial charge in [-0.1, -0.05) is 12.8 Å². The molecule has 5 nitrogen and oxygen atoms in total. The largest absolute Gasteiger partial charge is 0.342 e. The van der Waals surface area contributed by atoms with Crippen LogP contribution < -0.4 is 0 Å². The van der Waals surface area contributed by atoms with Crippen molar-refractivity contribution in [2.45, 2.75) is 51.0 Å². The topological polar surface area (TPSA) is 41.4 Å². The number of hydrogen-bond donors (Lipinski definition) is 0. The molecule has 1 amide bonds. The highest BCUT2D eigenvalue weighted by Crippen LogP contribution is 2.31. The monoisotopic (exact) mass is 318 g/mol.